The molecule has 0 saturated heterocycles. The van der Waals surface area contributed by atoms with E-state index in [1.165, 1.54) is 10.7 Å². The van der Waals surface area contributed by atoms with E-state index < -0.39 is 0 Å². The number of carbonyl (C=O) groups excluding carboxylic acids is 1. The number of amides is 1. The Hall–Kier alpha value is -2.67. The molecule has 128 valence electrons. The summed E-state index contributed by atoms with van der Waals surface area (Å²) in [6.45, 7) is 3.86. The van der Waals surface area contributed by atoms with Gasteiger partial charge in [0, 0.05) is 18.3 Å². The lowest BCUT2D eigenvalue weighted by atomic mass is 10.0. The van der Waals surface area contributed by atoms with Crippen LogP contribution < -0.4 is 10.6 Å². The van der Waals surface area contributed by atoms with Crippen molar-refractivity contribution in [1.29, 1.82) is 0 Å². The number of nitrogens with one attached hydrogen (secondary N) is 2. The maximum Gasteiger partial charge on any atom is 0.241 e. The van der Waals surface area contributed by atoms with Crippen molar-refractivity contribution in [2.24, 2.45) is 0 Å². The van der Waals surface area contributed by atoms with Crippen molar-refractivity contribution in [3.63, 3.8) is 0 Å². The number of hydrogen-bond acceptors (Lipinski definition) is 4. The molecule has 1 amide bonds. The summed E-state index contributed by atoms with van der Waals surface area (Å²) < 4.78 is 15.5. The van der Waals surface area contributed by atoms with E-state index in [1.54, 1.807) is 36.7 Å². The second kappa shape index (κ2) is 8.83. The van der Waals surface area contributed by atoms with Gasteiger partial charge in [0.1, 0.15) is 12.4 Å². The lowest BCUT2D eigenvalue weighted by Gasteiger charge is -2.18. The van der Waals surface area contributed by atoms with Gasteiger partial charge in [0.25, 0.3) is 0 Å². The SMILES string of the molecule is C=CCC(Nc1cnn(CC(=O)NCCO)c1)c1ccccc1F. The van der Waals surface area contributed by atoms with E-state index in [0.29, 0.717) is 17.7 Å². The van der Waals surface area contributed by atoms with Gasteiger partial charge in [0.15, 0.2) is 0 Å². The first kappa shape index (κ1) is 17.7. The fraction of sp³-hybridized carbons (Fsp3) is 0.294. The number of aromatic nitrogens is 2. The van der Waals surface area contributed by atoms with Crippen LogP contribution >= 0.6 is 0 Å². The average Bonchev–Trinajstić information content (AvgIpc) is 3.00. The van der Waals surface area contributed by atoms with Crippen molar-refractivity contribution in [2.45, 2.75) is 19.0 Å². The van der Waals surface area contributed by atoms with Gasteiger partial charge in [-0.3, -0.25) is 9.48 Å². The van der Waals surface area contributed by atoms with Crippen LogP contribution in [0, 0.1) is 5.82 Å². The summed E-state index contributed by atoms with van der Waals surface area (Å²) in [5.41, 5.74) is 1.23. The zero-order valence-electron chi connectivity index (χ0n) is 13.3. The maximum atomic E-state index is 14.0. The van der Waals surface area contributed by atoms with Gasteiger partial charge in [-0.15, -0.1) is 6.58 Å². The zero-order chi connectivity index (χ0) is 17.4. The first-order valence-corrected chi connectivity index (χ1v) is 7.66. The van der Waals surface area contributed by atoms with E-state index in [-0.39, 0.29) is 37.5 Å². The van der Waals surface area contributed by atoms with Crippen molar-refractivity contribution >= 4 is 11.6 Å². The highest BCUT2D eigenvalue weighted by molar-refractivity contribution is 5.75. The van der Waals surface area contributed by atoms with Gasteiger partial charge in [-0.25, -0.2) is 4.39 Å². The molecular weight excluding hydrogens is 311 g/mol. The summed E-state index contributed by atoms with van der Waals surface area (Å²) >= 11 is 0. The Morgan fingerprint density at radius 3 is 2.96 bits per heavy atom. The molecule has 0 saturated carbocycles. The molecule has 3 N–H and O–H groups in total. The average molecular weight is 332 g/mol. The van der Waals surface area contributed by atoms with E-state index in [2.05, 4.69) is 22.3 Å². The van der Waals surface area contributed by atoms with Crippen molar-refractivity contribution in [3.8, 4) is 0 Å². The van der Waals surface area contributed by atoms with Crippen molar-refractivity contribution in [3.05, 3.63) is 60.7 Å². The fourth-order valence-corrected chi connectivity index (χ4v) is 2.31. The number of carbonyl (C=O) groups is 1. The molecule has 1 aromatic carbocycles. The third-order valence-corrected chi connectivity index (χ3v) is 3.40. The first-order chi connectivity index (χ1) is 11.6. The molecular formula is C17H21FN4O2. The van der Waals surface area contributed by atoms with Gasteiger partial charge in [0.2, 0.25) is 5.91 Å². The molecule has 0 fully saturated rings. The number of benzene rings is 1. The molecule has 1 aromatic heterocycles. The fourth-order valence-electron chi connectivity index (χ4n) is 2.31. The molecule has 1 atom stereocenters. The Morgan fingerprint density at radius 2 is 2.25 bits per heavy atom. The van der Waals surface area contributed by atoms with E-state index in [1.807, 2.05) is 0 Å². The van der Waals surface area contributed by atoms with Crippen LogP contribution in [0.3, 0.4) is 0 Å². The topological polar surface area (TPSA) is 79.2 Å². The van der Waals surface area contributed by atoms with Gasteiger partial charge in [0.05, 0.1) is 24.5 Å². The minimum atomic E-state index is -0.285. The number of aliphatic hydroxyl groups excluding tert-OH is 1. The molecule has 2 rings (SSSR count). The Morgan fingerprint density at radius 1 is 1.46 bits per heavy atom. The number of hydrogen-bond donors (Lipinski definition) is 3. The van der Waals surface area contributed by atoms with Crippen molar-refractivity contribution in [2.75, 3.05) is 18.5 Å². The molecule has 0 aliphatic heterocycles. The Balaban J connectivity index is 2.04. The van der Waals surface area contributed by atoms with Crippen LogP contribution in [-0.4, -0.2) is 33.9 Å². The summed E-state index contributed by atoms with van der Waals surface area (Å²) in [7, 11) is 0. The number of nitrogens with zero attached hydrogens (tertiary/aromatic N) is 2. The lowest BCUT2D eigenvalue weighted by Crippen LogP contribution is -2.30. The van der Waals surface area contributed by atoms with Crippen LogP contribution in [0.2, 0.25) is 0 Å². The minimum Gasteiger partial charge on any atom is -0.395 e. The smallest absolute Gasteiger partial charge is 0.241 e. The molecule has 0 spiro atoms. The largest absolute Gasteiger partial charge is 0.395 e. The molecule has 0 aliphatic carbocycles. The normalized spacial score (nSPS) is 11.8. The summed E-state index contributed by atoms with van der Waals surface area (Å²) in [6.07, 6.45) is 5.52. The maximum absolute atomic E-state index is 14.0. The Labute approximate surface area is 140 Å². The van der Waals surface area contributed by atoms with Crippen LogP contribution in [0.1, 0.15) is 18.0 Å². The van der Waals surface area contributed by atoms with Gasteiger partial charge in [-0.05, 0) is 12.5 Å². The third-order valence-electron chi connectivity index (χ3n) is 3.40. The molecule has 0 bridgehead atoms. The summed E-state index contributed by atoms with van der Waals surface area (Å²) in [6, 6.07) is 6.30. The van der Waals surface area contributed by atoms with Crippen LogP contribution in [0.5, 0.6) is 0 Å². The second-order valence-electron chi connectivity index (χ2n) is 5.24. The molecule has 1 heterocycles. The number of rotatable bonds is 9. The Kier molecular flexibility index (Phi) is 6.51. The second-order valence-corrected chi connectivity index (χ2v) is 5.24. The van der Waals surface area contributed by atoms with E-state index in [4.69, 9.17) is 5.11 Å². The van der Waals surface area contributed by atoms with Crippen LogP contribution in [0.25, 0.3) is 0 Å². The number of halogens is 1. The standard InChI is InChI=1S/C17H21FN4O2/c1-2-5-16(14-6-3-4-7-15(14)18)21-13-10-20-22(11-13)12-17(24)19-8-9-23/h2-4,6-7,10-11,16,21,23H,1,5,8-9,12H2,(H,19,24). The van der Waals surface area contributed by atoms with Gasteiger partial charge < -0.3 is 15.7 Å². The molecule has 0 radical (unpaired) electrons. The quantitative estimate of drug-likeness (QED) is 0.613. The summed E-state index contributed by atoms with van der Waals surface area (Å²) in [5, 5.41) is 18.5. The predicted molar refractivity (Wildman–Crippen MR) is 89.9 cm³/mol. The van der Waals surface area contributed by atoms with Crippen molar-refractivity contribution < 1.29 is 14.3 Å². The predicted octanol–water partition coefficient (Wildman–Crippen LogP) is 1.86. The first-order valence-electron chi connectivity index (χ1n) is 7.66. The molecule has 2 aromatic rings. The van der Waals surface area contributed by atoms with E-state index in [0.717, 1.165) is 0 Å². The van der Waals surface area contributed by atoms with Gasteiger partial charge in [-0.2, -0.15) is 5.10 Å². The lowest BCUT2D eigenvalue weighted by molar-refractivity contribution is -0.122. The summed E-state index contributed by atoms with van der Waals surface area (Å²) in [5.74, 6) is -0.525. The zero-order valence-corrected chi connectivity index (χ0v) is 13.3. The monoisotopic (exact) mass is 332 g/mol. The minimum absolute atomic E-state index is 0.0491. The summed E-state index contributed by atoms with van der Waals surface area (Å²) in [4.78, 5) is 11.6. The molecule has 24 heavy (non-hydrogen) atoms. The highest BCUT2D eigenvalue weighted by Crippen LogP contribution is 2.24. The van der Waals surface area contributed by atoms with Gasteiger partial charge in [-0.1, -0.05) is 24.3 Å². The molecule has 6 nitrogen and oxygen atoms in total. The molecule has 7 heteroatoms. The van der Waals surface area contributed by atoms with Crippen molar-refractivity contribution in [1.82, 2.24) is 15.1 Å². The number of aliphatic hydroxyl groups is 1. The van der Waals surface area contributed by atoms with Gasteiger partial charge >= 0.3 is 0 Å². The van der Waals surface area contributed by atoms with Crippen LogP contribution in [-0.2, 0) is 11.3 Å². The van der Waals surface area contributed by atoms with Crippen LogP contribution in [0.4, 0.5) is 10.1 Å². The number of anilines is 1. The van der Waals surface area contributed by atoms with E-state index in [9.17, 15) is 9.18 Å². The third kappa shape index (κ3) is 4.92. The highest BCUT2D eigenvalue weighted by atomic mass is 19.1. The Bertz CT molecular complexity index is 687. The van der Waals surface area contributed by atoms with Crippen LogP contribution in [0.15, 0.2) is 49.3 Å². The molecule has 1 unspecified atom stereocenters. The van der Waals surface area contributed by atoms with E-state index >= 15 is 0 Å². The molecule has 0 aliphatic rings. The highest BCUT2D eigenvalue weighted by Gasteiger charge is 2.15.